The molecule has 2 fully saturated rings. The molecular weight excluding hydrogens is 314 g/mol. The fourth-order valence-corrected chi connectivity index (χ4v) is 3.78. The minimum atomic E-state index is -0.0318. The molecule has 1 amide bonds. The van der Waals surface area contributed by atoms with E-state index in [-0.39, 0.29) is 24.0 Å². The van der Waals surface area contributed by atoms with Crippen molar-refractivity contribution >= 4 is 17.2 Å². The lowest BCUT2D eigenvalue weighted by atomic mass is 10.0. The molecule has 2 aliphatic rings. The molecular formula is C16H17N3O3S. The van der Waals surface area contributed by atoms with Crippen LogP contribution in [0.25, 0.3) is 0 Å². The number of likely N-dealkylation sites (tertiary alicyclic amines) is 1. The highest BCUT2D eigenvalue weighted by Gasteiger charge is 2.48. The fourth-order valence-electron chi connectivity index (χ4n) is 3.25. The van der Waals surface area contributed by atoms with Gasteiger partial charge >= 0.3 is 0 Å². The van der Waals surface area contributed by atoms with E-state index in [0.717, 1.165) is 5.69 Å². The minimum absolute atomic E-state index is 0.0212. The number of hydrogen-bond acceptors (Lipinski definition) is 6. The van der Waals surface area contributed by atoms with Gasteiger partial charge in [-0.2, -0.15) is 0 Å². The first-order valence-corrected chi connectivity index (χ1v) is 8.55. The molecule has 0 bridgehead atoms. The Morgan fingerprint density at radius 1 is 1.39 bits per heavy atom. The van der Waals surface area contributed by atoms with Gasteiger partial charge in [-0.3, -0.25) is 9.78 Å². The van der Waals surface area contributed by atoms with Crippen molar-refractivity contribution in [2.24, 2.45) is 5.92 Å². The van der Waals surface area contributed by atoms with Gasteiger partial charge in [-0.05, 0) is 12.1 Å². The second-order valence-electron chi connectivity index (χ2n) is 5.77. The molecule has 0 aromatic carbocycles. The van der Waals surface area contributed by atoms with Crippen molar-refractivity contribution in [2.45, 2.75) is 18.8 Å². The minimum Gasteiger partial charge on any atom is -0.379 e. The smallest absolute Gasteiger partial charge is 0.273 e. The second kappa shape index (κ2) is 6.35. The molecule has 2 aromatic rings. The van der Waals surface area contributed by atoms with Gasteiger partial charge in [-0.1, -0.05) is 6.07 Å². The Kier molecular flexibility index (Phi) is 4.07. The van der Waals surface area contributed by atoms with Gasteiger partial charge in [-0.15, -0.1) is 11.3 Å². The van der Waals surface area contributed by atoms with Crippen LogP contribution in [0.2, 0.25) is 0 Å². The molecule has 23 heavy (non-hydrogen) atoms. The number of carbonyl (C=O) groups is 1. The Hall–Kier alpha value is -1.83. The lowest BCUT2D eigenvalue weighted by Crippen LogP contribution is -2.38. The van der Waals surface area contributed by atoms with Crippen LogP contribution in [0.4, 0.5) is 0 Å². The molecule has 6 nitrogen and oxygen atoms in total. The molecule has 7 heteroatoms. The van der Waals surface area contributed by atoms with Crippen LogP contribution in [0.3, 0.4) is 0 Å². The third kappa shape index (κ3) is 2.87. The van der Waals surface area contributed by atoms with Crippen LogP contribution in [0.5, 0.6) is 0 Å². The van der Waals surface area contributed by atoms with E-state index in [1.165, 1.54) is 11.3 Å². The van der Waals surface area contributed by atoms with Gasteiger partial charge in [0.05, 0.1) is 43.2 Å². The number of thiazole rings is 1. The average Bonchev–Trinajstić information content (AvgIpc) is 3.31. The molecule has 0 unspecified atom stereocenters. The topological polar surface area (TPSA) is 64.6 Å². The zero-order chi connectivity index (χ0) is 15.6. The number of nitrogens with zero attached hydrogens (tertiary/aromatic N) is 3. The summed E-state index contributed by atoms with van der Waals surface area (Å²) >= 11 is 1.43. The zero-order valence-electron chi connectivity index (χ0n) is 12.5. The third-order valence-electron chi connectivity index (χ3n) is 4.43. The molecule has 2 aliphatic heterocycles. The average molecular weight is 331 g/mol. The van der Waals surface area contributed by atoms with Crippen molar-refractivity contribution in [3.8, 4) is 0 Å². The molecule has 0 radical (unpaired) electrons. The fraction of sp³-hybridized carbons (Fsp3) is 0.438. The molecule has 4 rings (SSSR count). The molecule has 4 heterocycles. The standard InChI is InChI=1S/C16H17N3O3S/c20-16(13-9-23-10-18-13)19-5-15(12-7-21-8-14(12)19)22-6-11-3-1-2-4-17-11/h1-4,9-10,12,14-15H,5-8H2/t12-,14+,15-/m1/s1. The van der Waals surface area contributed by atoms with Crippen molar-refractivity contribution in [3.63, 3.8) is 0 Å². The first kappa shape index (κ1) is 14.7. The predicted octanol–water partition coefficient (Wildman–Crippen LogP) is 1.59. The molecule has 2 saturated heterocycles. The van der Waals surface area contributed by atoms with E-state index in [1.807, 2.05) is 23.1 Å². The van der Waals surface area contributed by atoms with Gasteiger partial charge in [0.15, 0.2) is 0 Å². The van der Waals surface area contributed by atoms with Gasteiger partial charge in [0.25, 0.3) is 5.91 Å². The quantitative estimate of drug-likeness (QED) is 0.851. The lowest BCUT2D eigenvalue weighted by molar-refractivity contribution is 0.00796. The number of amides is 1. The van der Waals surface area contributed by atoms with Crippen LogP contribution in [0.1, 0.15) is 16.2 Å². The predicted molar refractivity (Wildman–Crippen MR) is 84.1 cm³/mol. The van der Waals surface area contributed by atoms with E-state index in [0.29, 0.717) is 32.1 Å². The second-order valence-corrected chi connectivity index (χ2v) is 6.49. The summed E-state index contributed by atoms with van der Waals surface area (Å²) in [4.78, 5) is 22.9. The summed E-state index contributed by atoms with van der Waals surface area (Å²) in [7, 11) is 0. The van der Waals surface area contributed by atoms with Gasteiger partial charge < -0.3 is 14.4 Å². The van der Waals surface area contributed by atoms with E-state index in [2.05, 4.69) is 9.97 Å². The van der Waals surface area contributed by atoms with E-state index in [9.17, 15) is 4.79 Å². The van der Waals surface area contributed by atoms with Crippen LogP contribution in [-0.2, 0) is 16.1 Å². The number of pyridine rings is 1. The van der Waals surface area contributed by atoms with Crippen molar-refractivity contribution in [1.82, 2.24) is 14.9 Å². The van der Waals surface area contributed by atoms with E-state index in [1.54, 1.807) is 17.1 Å². The van der Waals surface area contributed by atoms with E-state index in [4.69, 9.17) is 9.47 Å². The third-order valence-corrected chi connectivity index (χ3v) is 5.02. The number of aromatic nitrogens is 2. The van der Waals surface area contributed by atoms with Crippen LogP contribution in [0.15, 0.2) is 35.3 Å². The van der Waals surface area contributed by atoms with Crippen molar-refractivity contribution in [2.75, 3.05) is 19.8 Å². The molecule has 0 aliphatic carbocycles. The highest BCUT2D eigenvalue weighted by atomic mass is 32.1. The van der Waals surface area contributed by atoms with Crippen LogP contribution in [0, 0.1) is 5.92 Å². The maximum atomic E-state index is 12.6. The summed E-state index contributed by atoms with van der Waals surface area (Å²) in [5.41, 5.74) is 3.08. The van der Waals surface area contributed by atoms with Gasteiger partial charge in [0, 0.05) is 24.0 Å². The summed E-state index contributed by atoms with van der Waals surface area (Å²) in [6.07, 6.45) is 1.74. The maximum absolute atomic E-state index is 12.6. The van der Waals surface area contributed by atoms with E-state index >= 15 is 0 Å². The molecule has 3 atom stereocenters. The Labute approximate surface area is 138 Å². The Morgan fingerprint density at radius 3 is 3.13 bits per heavy atom. The zero-order valence-corrected chi connectivity index (χ0v) is 13.3. The maximum Gasteiger partial charge on any atom is 0.273 e. The molecule has 0 N–H and O–H groups in total. The van der Waals surface area contributed by atoms with E-state index < -0.39 is 0 Å². The Morgan fingerprint density at radius 2 is 2.35 bits per heavy atom. The van der Waals surface area contributed by atoms with Crippen molar-refractivity contribution < 1.29 is 14.3 Å². The molecule has 0 spiro atoms. The summed E-state index contributed by atoms with van der Waals surface area (Å²) in [5.74, 6) is 0.192. The largest absolute Gasteiger partial charge is 0.379 e. The van der Waals surface area contributed by atoms with Crippen LogP contribution >= 0.6 is 11.3 Å². The SMILES string of the molecule is O=C(c1cscn1)N1C[C@@H](OCc2ccccn2)[C@@H]2COC[C@@H]21. The highest BCUT2D eigenvalue weighted by molar-refractivity contribution is 7.07. The molecule has 0 saturated carbocycles. The number of hydrogen-bond donors (Lipinski definition) is 0. The summed E-state index contributed by atoms with van der Waals surface area (Å²) in [6, 6.07) is 5.85. The highest BCUT2D eigenvalue weighted by Crippen LogP contribution is 2.33. The van der Waals surface area contributed by atoms with Crippen molar-refractivity contribution in [1.29, 1.82) is 0 Å². The normalized spacial score (nSPS) is 26.4. The van der Waals surface area contributed by atoms with Crippen LogP contribution in [-0.4, -0.2) is 52.7 Å². The van der Waals surface area contributed by atoms with Gasteiger partial charge in [-0.25, -0.2) is 4.98 Å². The van der Waals surface area contributed by atoms with Crippen molar-refractivity contribution in [3.05, 3.63) is 46.7 Å². The molecule has 2 aromatic heterocycles. The van der Waals surface area contributed by atoms with Crippen LogP contribution < -0.4 is 0 Å². The van der Waals surface area contributed by atoms with Gasteiger partial charge in [0.2, 0.25) is 0 Å². The first-order chi connectivity index (χ1) is 11.3. The van der Waals surface area contributed by atoms with Gasteiger partial charge in [0.1, 0.15) is 5.69 Å². The number of rotatable bonds is 4. The summed E-state index contributed by atoms with van der Waals surface area (Å²) < 4.78 is 11.6. The Bertz CT molecular complexity index is 664. The number of fused-ring (bicyclic) bond motifs is 1. The first-order valence-electron chi connectivity index (χ1n) is 7.61. The lowest BCUT2D eigenvalue weighted by Gasteiger charge is -2.21. The molecule has 120 valence electrons. The number of ether oxygens (including phenoxy) is 2. The summed E-state index contributed by atoms with van der Waals surface area (Å²) in [5, 5.41) is 1.79. The monoisotopic (exact) mass is 331 g/mol. The summed E-state index contributed by atoms with van der Waals surface area (Å²) in [6.45, 7) is 2.25. The number of carbonyl (C=O) groups excluding carboxylic acids is 1. The Balaban J connectivity index is 1.46.